The molecule has 0 amide bonds. The molecular weight excluding hydrogens is 279 g/mol. The first-order valence-corrected chi connectivity index (χ1v) is 5.73. The van der Waals surface area contributed by atoms with Crippen molar-refractivity contribution < 1.29 is 19.0 Å². The van der Waals surface area contributed by atoms with Gasteiger partial charge in [0.2, 0.25) is 0 Å². The minimum Gasteiger partial charge on any atom is -0.486 e. The second-order valence-electron chi connectivity index (χ2n) is 3.83. The maximum absolute atomic E-state index is 14.0. The second-order valence-corrected chi connectivity index (χ2v) is 4.69. The Hall–Kier alpha value is -0.810. The zero-order chi connectivity index (χ0) is 11.8. The molecule has 16 heavy (non-hydrogen) atoms. The molecule has 3 nitrogen and oxygen atoms in total. The monoisotopic (exact) mass is 290 g/mol. The summed E-state index contributed by atoms with van der Waals surface area (Å²) in [6, 6.07) is 3.23. The van der Waals surface area contributed by atoms with E-state index in [4.69, 9.17) is 14.6 Å². The molecule has 1 aromatic rings. The summed E-state index contributed by atoms with van der Waals surface area (Å²) in [5.41, 5.74) is -1.44. The fourth-order valence-corrected chi connectivity index (χ4v) is 2.28. The van der Waals surface area contributed by atoms with Crippen LogP contribution in [0.3, 0.4) is 0 Å². The molecule has 0 fully saturated rings. The van der Waals surface area contributed by atoms with E-state index < -0.39 is 12.3 Å². The molecule has 1 aliphatic rings. The van der Waals surface area contributed by atoms with Crippen LogP contribution in [-0.2, 0) is 5.67 Å². The average molecular weight is 291 g/mol. The Labute approximate surface area is 101 Å². The quantitative estimate of drug-likeness (QED) is 0.909. The largest absolute Gasteiger partial charge is 0.486 e. The SMILES string of the molecule is CC(F)(CO)c1cc2c(cc1Br)OCCO2. The van der Waals surface area contributed by atoms with Gasteiger partial charge >= 0.3 is 0 Å². The van der Waals surface area contributed by atoms with Gasteiger partial charge in [0.15, 0.2) is 17.2 Å². The minimum atomic E-state index is -1.80. The fourth-order valence-electron chi connectivity index (χ4n) is 1.55. The predicted octanol–water partition coefficient (Wildman–Crippen LogP) is 2.40. The van der Waals surface area contributed by atoms with Gasteiger partial charge in [0.25, 0.3) is 0 Å². The molecular formula is C11H12BrFO3. The van der Waals surface area contributed by atoms with E-state index in [0.717, 1.165) is 0 Å². The lowest BCUT2D eigenvalue weighted by Gasteiger charge is -2.24. The number of ether oxygens (including phenoxy) is 2. The van der Waals surface area contributed by atoms with Crippen LogP contribution in [0, 0.1) is 0 Å². The van der Waals surface area contributed by atoms with Crippen molar-refractivity contribution in [3.8, 4) is 11.5 Å². The maximum atomic E-state index is 14.0. The molecule has 88 valence electrons. The number of fused-ring (bicyclic) bond motifs is 1. The first-order chi connectivity index (χ1) is 7.54. The topological polar surface area (TPSA) is 38.7 Å². The van der Waals surface area contributed by atoms with Crippen LogP contribution in [0.5, 0.6) is 11.5 Å². The van der Waals surface area contributed by atoms with Crippen LogP contribution in [0.15, 0.2) is 16.6 Å². The molecule has 1 aromatic carbocycles. The van der Waals surface area contributed by atoms with Crippen molar-refractivity contribution in [2.24, 2.45) is 0 Å². The summed E-state index contributed by atoms with van der Waals surface area (Å²) >= 11 is 3.27. The van der Waals surface area contributed by atoms with Crippen molar-refractivity contribution in [2.75, 3.05) is 19.8 Å². The summed E-state index contributed by atoms with van der Waals surface area (Å²) in [5, 5.41) is 9.01. The summed E-state index contributed by atoms with van der Waals surface area (Å²) in [4.78, 5) is 0. The number of rotatable bonds is 2. The fraction of sp³-hybridized carbons (Fsp3) is 0.455. The Morgan fingerprint density at radius 2 is 1.94 bits per heavy atom. The zero-order valence-corrected chi connectivity index (χ0v) is 10.4. The number of aliphatic hydroxyl groups is 1. The van der Waals surface area contributed by atoms with Crippen molar-refractivity contribution >= 4 is 15.9 Å². The van der Waals surface area contributed by atoms with E-state index in [-0.39, 0.29) is 0 Å². The maximum Gasteiger partial charge on any atom is 0.162 e. The van der Waals surface area contributed by atoms with Gasteiger partial charge in [-0.1, -0.05) is 15.9 Å². The van der Waals surface area contributed by atoms with E-state index in [1.807, 2.05) is 0 Å². The molecule has 0 saturated carbocycles. The molecule has 0 aromatic heterocycles. The molecule has 0 radical (unpaired) electrons. The molecule has 5 heteroatoms. The van der Waals surface area contributed by atoms with Crippen LogP contribution in [0.25, 0.3) is 0 Å². The Balaban J connectivity index is 2.47. The highest BCUT2D eigenvalue weighted by molar-refractivity contribution is 9.10. The standard InChI is InChI=1S/C11H12BrFO3/c1-11(13,6-14)7-4-9-10(5-8(7)12)16-3-2-15-9/h4-5,14H,2-3,6H2,1H3. The van der Waals surface area contributed by atoms with E-state index in [1.54, 1.807) is 12.1 Å². The van der Waals surface area contributed by atoms with Gasteiger partial charge in [-0.25, -0.2) is 4.39 Å². The predicted molar refractivity (Wildman–Crippen MR) is 60.7 cm³/mol. The Morgan fingerprint density at radius 1 is 1.38 bits per heavy atom. The number of benzene rings is 1. The van der Waals surface area contributed by atoms with E-state index >= 15 is 0 Å². The molecule has 0 bridgehead atoms. The summed E-state index contributed by atoms with van der Waals surface area (Å²) in [7, 11) is 0. The Kier molecular flexibility index (Phi) is 3.08. The number of alkyl halides is 1. The van der Waals surface area contributed by atoms with Gasteiger partial charge in [-0.3, -0.25) is 0 Å². The Morgan fingerprint density at radius 3 is 2.50 bits per heavy atom. The third-order valence-electron chi connectivity index (χ3n) is 2.49. The van der Waals surface area contributed by atoms with Crippen molar-refractivity contribution in [1.29, 1.82) is 0 Å². The van der Waals surface area contributed by atoms with Gasteiger partial charge in [-0.2, -0.15) is 0 Å². The molecule has 2 rings (SSSR count). The third-order valence-corrected chi connectivity index (χ3v) is 3.15. The van der Waals surface area contributed by atoms with Crippen molar-refractivity contribution in [2.45, 2.75) is 12.6 Å². The molecule has 1 heterocycles. The van der Waals surface area contributed by atoms with Gasteiger partial charge in [0.1, 0.15) is 13.2 Å². The molecule has 0 saturated heterocycles. The normalized spacial score (nSPS) is 18.0. The van der Waals surface area contributed by atoms with Crippen LogP contribution in [0.2, 0.25) is 0 Å². The lowest BCUT2D eigenvalue weighted by Crippen LogP contribution is -2.22. The number of hydrogen-bond acceptors (Lipinski definition) is 3. The highest BCUT2D eigenvalue weighted by Crippen LogP contribution is 2.40. The molecule has 1 N–H and O–H groups in total. The lowest BCUT2D eigenvalue weighted by molar-refractivity contribution is 0.0852. The van der Waals surface area contributed by atoms with Crippen molar-refractivity contribution in [1.82, 2.24) is 0 Å². The van der Waals surface area contributed by atoms with E-state index in [1.165, 1.54) is 6.92 Å². The number of halogens is 2. The minimum absolute atomic E-state index is 0.360. The third kappa shape index (κ3) is 2.01. The molecule has 1 atom stereocenters. The van der Waals surface area contributed by atoms with Gasteiger partial charge in [0, 0.05) is 10.0 Å². The highest BCUT2D eigenvalue weighted by atomic mass is 79.9. The molecule has 0 aliphatic carbocycles. The van der Waals surface area contributed by atoms with E-state index in [9.17, 15) is 4.39 Å². The van der Waals surface area contributed by atoms with Crippen LogP contribution >= 0.6 is 15.9 Å². The van der Waals surface area contributed by atoms with Gasteiger partial charge < -0.3 is 14.6 Å². The molecule has 0 spiro atoms. The summed E-state index contributed by atoms with van der Waals surface area (Å²) < 4.78 is 25.3. The van der Waals surface area contributed by atoms with E-state index in [0.29, 0.717) is 34.7 Å². The van der Waals surface area contributed by atoms with E-state index in [2.05, 4.69) is 15.9 Å². The second kappa shape index (κ2) is 4.22. The highest BCUT2D eigenvalue weighted by Gasteiger charge is 2.29. The summed E-state index contributed by atoms with van der Waals surface area (Å²) in [6.45, 7) is 1.69. The summed E-state index contributed by atoms with van der Waals surface area (Å²) in [6.07, 6.45) is 0. The van der Waals surface area contributed by atoms with Crippen molar-refractivity contribution in [3.63, 3.8) is 0 Å². The summed E-state index contributed by atoms with van der Waals surface area (Å²) in [5.74, 6) is 1.11. The van der Waals surface area contributed by atoms with Gasteiger partial charge in [-0.05, 0) is 19.1 Å². The zero-order valence-electron chi connectivity index (χ0n) is 8.80. The molecule has 1 aliphatic heterocycles. The van der Waals surface area contributed by atoms with Crippen LogP contribution in [-0.4, -0.2) is 24.9 Å². The average Bonchev–Trinajstić information content (AvgIpc) is 2.28. The number of aliphatic hydroxyl groups excluding tert-OH is 1. The first-order valence-electron chi connectivity index (χ1n) is 4.94. The van der Waals surface area contributed by atoms with Crippen LogP contribution < -0.4 is 9.47 Å². The van der Waals surface area contributed by atoms with Crippen LogP contribution in [0.4, 0.5) is 4.39 Å². The number of hydrogen-bond donors (Lipinski definition) is 1. The van der Waals surface area contributed by atoms with Crippen molar-refractivity contribution in [3.05, 3.63) is 22.2 Å². The van der Waals surface area contributed by atoms with Crippen LogP contribution in [0.1, 0.15) is 12.5 Å². The first kappa shape index (κ1) is 11.7. The lowest BCUT2D eigenvalue weighted by atomic mass is 9.98. The smallest absolute Gasteiger partial charge is 0.162 e. The molecule has 1 unspecified atom stereocenters. The van der Waals surface area contributed by atoms with Gasteiger partial charge in [-0.15, -0.1) is 0 Å². The Bertz CT molecular complexity index is 406. The van der Waals surface area contributed by atoms with Gasteiger partial charge in [0.05, 0.1) is 6.61 Å².